The lowest BCUT2D eigenvalue weighted by molar-refractivity contribution is 0.587. The monoisotopic (exact) mass is 315 g/mol. The highest BCUT2D eigenvalue weighted by Gasteiger charge is 2.24. The number of halogens is 2. The fourth-order valence-electron chi connectivity index (χ4n) is 1.19. The van der Waals surface area contributed by atoms with Crippen LogP contribution in [-0.4, -0.2) is 0 Å². The molecule has 1 aromatic carbocycles. The van der Waals surface area contributed by atoms with E-state index in [4.69, 9.17) is 5.26 Å². The predicted octanol–water partition coefficient (Wildman–Crippen LogP) is 4.40. The summed E-state index contributed by atoms with van der Waals surface area (Å²) in [7, 11) is 0. The second-order valence-corrected chi connectivity index (χ2v) is 5.14. The summed E-state index contributed by atoms with van der Waals surface area (Å²) < 4.78 is 2.00. The molecule has 0 saturated heterocycles. The van der Waals surface area contributed by atoms with Gasteiger partial charge in [0.15, 0.2) is 0 Å². The number of nitrogens with zero attached hydrogens (tertiary/aromatic N) is 1. The largest absolute Gasteiger partial charge is 0.197 e. The maximum Gasteiger partial charge on any atom is 0.0792 e. The molecule has 0 amide bonds. The quantitative estimate of drug-likeness (QED) is 0.793. The molecule has 0 saturated carbocycles. The lowest BCUT2D eigenvalue weighted by atomic mass is 9.82. The molecule has 1 atom stereocenters. The van der Waals surface area contributed by atoms with Crippen molar-refractivity contribution < 1.29 is 0 Å². The topological polar surface area (TPSA) is 23.8 Å². The minimum Gasteiger partial charge on any atom is -0.197 e. The van der Waals surface area contributed by atoms with Crippen molar-refractivity contribution in [2.45, 2.75) is 25.7 Å². The number of hydrogen-bond acceptors (Lipinski definition) is 1. The van der Waals surface area contributed by atoms with E-state index >= 15 is 0 Å². The minimum absolute atomic E-state index is 0.386. The maximum atomic E-state index is 9.12. The number of nitriles is 1. The Bertz CT molecular complexity index is 381. The number of benzene rings is 1. The zero-order valence-electron chi connectivity index (χ0n) is 8.14. The third-order valence-electron chi connectivity index (χ3n) is 2.51. The Kier molecular flexibility index (Phi) is 3.74. The van der Waals surface area contributed by atoms with Gasteiger partial charge in [-0.1, -0.05) is 13.0 Å². The van der Waals surface area contributed by atoms with E-state index in [9.17, 15) is 0 Å². The fraction of sp³-hybridized carbons (Fsp3) is 0.364. The minimum atomic E-state index is -0.386. The van der Waals surface area contributed by atoms with Crippen LogP contribution in [0.1, 0.15) is 25.8 Å². The molecule has 1 aromatic rings. The van der Waals surface area contributed by atoms with Crippen molar-refractivity contribution in [3.8, 4) is 6.07 Å². The summed E-state index contributed by atoms with van der Waals surface area (Å²) in [5.74, 6) is 0. The molecule has 0 aliphatic heterocycles. The Morgan fingerprint density at radius 2 is 2.00 bits per heavy atom. The molecule has 14 heavy (non-hydrogen) atoms. The van der Waals surface area contributed by atoms with Gasteiger partial charge in [0.05, 0.1) is 11.5 Å². The van der Waals surface area contributed by atoms with Gasteiger partial charge in [-0.25, -0.2) is 0 Å². The summed E-state index contributed by atoms with van der Waals surface area (Å²) in [6, 6.07) is 8.30. The van der Waals surface area contributed by atoms with Crippen molar-refractivity contribution >= 4 is 31.9 Å². The highest BCUT2D eigenvalue weighted by atomic mass is 79.9. The molecule has 0 N–H and O–H groups in total. The zero-order chi connectivity index (χ0) is 10.8. The molecular weight excluding hydrogens is 306 g/mol. The summed E-state index contributed by atoms with van der Waals surface area (Å²) in [6.07, 6.45) is 0.817. The molecule has 0 radical (unpaired) electrons. The molecule has 0 aromatic heterocycles. The SMILES string of the molecule is CCC(C)(C#N)c1ccc(Br)c(Br)c1. The van der Waals surface area contributed by atoms with E-state index < -0.39 is 0 Å². The van der Waals surface area contributed by atoms with Gasteiger partial charge in [-0.3, -0.25) is 0 Å². The Morgan fingerprint density at radius 3 is 2.43 bits per heavy atom. The molecule has 1 unspecified atom stereocenters. The van der Waals surface area contributed by atoms with Crippen molar-refractivity contribution in [3.63, 3.8) is 0 Å². The smallest absolute Gasteiger partial charge is 0.0792 e. The molecule has 3 heteroatoms. The standard InChI is InChI=1S/C11H11Br2N/c1-3-11(2,7-14)8-4-5-9(12)10(13)6-8/h4-6H,3H2,1-2H3. The molecule has 0 heterocycles. The average molecular weight is 317 g/mol. The summed E-state index contributed by atoms with van der Waals surface area (Å²) in [6.45, 7) is 3.99. The fourth-order valence-corrected chi connectivity index (χ4v) is 1.81. The highest BCUT2D eigenvalue weighted by Crippen LogP contribution is 2.32. The van der Waals surface area contributed by atoms with Crippen LogP contribution < -0.4 is 0 Å². The van der Waals surface area contributed by atoms with Crippen LogP contribution in [0.15, 0.2) is 27.1 Å². The van der Waals surface area contributed by atoms with Crippen molar-refractivity contribution in [1.29, 1.82) is 5.26 Å². The van der Waals surface area contributed by atoms with Gasteiger partial charge in [0.1, 0.15) is 0 Å². The van der Waals surface area contributed by atoms with E-state index in [1.165, 1.54) is 0 Å². The van der Waals surface area contributed by atoms with Crippen LogP contribution in [0.3, 0.4) is 0 Å². The first kappa shape index (κ1) is 11.7. The van der Waals surface area contributed by atoms with Crippen molar-refractivity contribution in [3.05, 3.63) is 32.7 Å². The molecule has 1 nitrogen and oxygen atoms in total. The molecule has 0 spiro atoms. The lowest BCUT2D eigenvalue weighted by Crippen LogP contribution is -2.17. The normalized spacial score (nSPS) is 14.5. The zero-order valence-corrected chi connectivity index (χ0v) is 11.3. The van der Waals surface area contributed by atoms with Crippen LogP contribution in [0.25, 0.3) is 0 Å². The van der Waals surface area contributed by atoms with Crippen LogP contribution in [0.5, 0.6) is 0 Å². The first-order valence-electron chi connectivity index (χ1n) is 4.40. The van der Waals surface area contributed by atoms with Crippen molar-refractivity contribution in [2.75, 3.05) is 0 Å². The van der Waals surface area contributed by atoms with Gasteiger partial charge in [-0.15, -0.1) is 0 Å². The van der Waals surface area contributed by atoms with Crippen LogP contribution in [-0.2, 0) is 5.41 Å². The Balaban J connectivity index is 3.21. The van der Waals surface area contributed by atoms with Crippen molar-refractivity contribution in [1.82, 2.24) is 0 Å². The second-order valence-electron chi connectivity index (χ2n) is 3.43. The van der Waals surface area contributed by atoms with Gasteiger partial charge in [0.25, 0.3) is 0 Å². The highest BCUT2D eigenvalue weighted by molar-refractivity contribution is 9.13. The Hall–Kier alpha value is -0.330. The number of rotatable bonds is 2. The molecule has 0 aliphatic rings. The van der Waals surface area contributed by atoms with E-state index in [-0.39, 0.29) is 5.41 Å². The van der Waals surface area contributed by atoms with Crippen LogP contribution in [0, 0.1) is 11.3 Å². The molecule has 0 aliphatic carbocycles. The van der Waals surface area contributed by atoms with E-state index in [1.807, 2.05) is 32.0 Å². The average Bonchev–Trinajstić information content (AvgIpc) is 2.21. The maximum absolute atomic E-state index is 9.12. The van der Waals surface area contributed by atoms with Gasteiger partial charge >= 0.3 is 0 Å². The van der Waals surface area contributed by atoms with E-state index in [2.05, 4.69) is 37.9 Å². The second kappa shape index (κ2) is 4.46. The predicted molar refractivity (Wildman–Crippen MR) is 65.1 cm³/mol. The molecule has 1 rings (SSSR count). The number of hydrogen-bond donors (Lipinski definition) is 0. The van der Waals surface area contributed by atoms with Gasteiger partial charge in [-0.2, -0.15) is 5.26 Å². The summed E-state index contributed by atoms with van der Waals surface area (Å²) >= 11 is 6.85. The van der Waals surface area contributed by atoms with Crippen molar-refractivity contribution in [2.24, 2.45) is 0 Å². The first-order chi connectivity index (χ1) is 6.53. The first-order valence-corrected chi connectivity index (χ1v) is 5.99. The third kappa shape index (κ3) is 2.18. The van der Waals surface area contributed by atoms with Gasteiger partial charge < -0.3 is 0 Å². The van der Waals surface area contributed by atoms with E-state index in [1.54, 1.807) is 0 Å². The molecule has 74 valence electrons. The molecule has 0 bridgehead atoms. The van der Waals surface area contributed by atoms with Crippen LogP contribution in [0.4, 0.5) is 0 Å². The van der Waals surface area contributed by atoms with Crippen LogP contribution >= 0.6 is 31.9 Å². The summed E-state index contributed by atoms with van der Waals surface area (Å²) in [4.78, 5) is 0. The van der Waals surface area contributed by atoms with E-state index in [0.29, 0.717) is 0 Å². The van der Waals surface area contributed by atoms with Gasteiger partial charge in [0.2, 0.25) is 0 Å². The molecular formula is C11H11Br2N. The summed E-state index contributed by atoms with van der Waals surface area (Å²) in [5, 5.41) is 9.12. The Labute approximate surface area is 101 Å². The molecule has 0 fully saturated rings. The summed E-state index contributed by atoms with van der Waals surface area (Å²) in [5.41, 5.74) is 0.668. The third-order valence-corrected chi connectivity index (χ3v) is 4.39. The van der Waals surface area contributed by atoms with Gasteiger partial charge in [0, 0.05) is 8.95 Å². The lowest BCUT2D eigenvalue weighted by Gasteiger charge is -2.20. The van der Waals surface area contributed by atoms with Crippen LogP contribution in [0.2, 0.25) is 0 Å². The Morgan fingerprint density at radius 1 is 1.36 bits per heavy atom. The van der Waals surface area contributed by atoms with Gasteiger partial charge in [-0.05, 0) is 62.9 Å². The van der Waals surface area contributed by atoms with E-state index in [0.717, 1.165) is 20.9 Å².